The summed E-state index contributed by atoms with van der Waals surface area (Å²) in [7, 11) is 0. The van der Waals surface area contributed by atoms with Gasteiger partial charge in [-0.25, -0.2) is 14.5 Å². The summed E-state index contributed by atoms with van der Waals surface area (Å²) in [4.78, 5) is 8.69. The van der Waals surface area contributed by atoms with Crippen LogP contribution >= 0.6 is 0 Å². The van der Waals surface area contributed by atoms with Crippen molar-refractivity contribution in [1.82, 2.24) is 19.6 Å². The van der Waals surface area contributed by atoms with E-state index in [0.717, 1.165) is 22.4 Å². The Hall–Kier alpha value is -3.92. The first-order valence-electron chi connectivity index (χ1n) is 7.95. The van der Waals surface area contributed by atoms with Crippen molar-refractivity contribution in [3.05, 3.63) is 59.9 Å². The third kappa shape index (κ3) is 2.59. The summed E-state index contributed by atoms with van der Waals surface area (Å²) in [6.07, 6.45) is 1.76. The van der Waals surface area contributed by atoms with Crippen molar-refractivity contribution in [1.29, 1.82) is 5.26 Å². The molecule has 26 heavy (non-hydrogen) atoms. The number of fused-ring (bicyclic) bond motifs is 1. The number of nitrogens with zero attached hydrogens (tertiary/aromatic N) is 5. The van der Waals surface area contributed by atoms with Gasteiger partial charge in [0.15, 0.2) is 5.65 Å². The van der Waals surface area contributed by atoms with Crippen molar-refractivity contribution in [2.75, 3.05) is 11.5 Å². The summed E-state index contributed by atoms with van der Waals surface area (Å²) >= 11 is 0. The van der Waals surface area contributed by atoms with Crippen molar-refractivity contribution in [3.63, 3.8) is 0 Å². The van der Waals surface area contributed by atoms with Gasteiger partial charge in [0.2, 0.25) is 0 Å². The molecule has 0 unspecified atom stereocenters. The minimum absolute atomic E-state index is 0.398. The number of hydrogen-bond donors (Lipinski definition) is 2. The van der Waals surface area contributed by atoms with E-state index >= 15 is 0 Å². The molecule has 3 heterocycles. The van der Waals surface area contributed by atoms with Crippen LogP contribution in [0.2, 0.25) is 0 Å². The second-order valence-corrected chi connectivity index (χ2v) is 5.96. The van der Waals surface area contributed by atoms with Gasteiger partial charge in [-0.1, -0.05) is 12.1 Å². The zero-order chi connectivity index (χ0) is 18.3. The topological polar surface area (TPSA) is 119 Å². The maximum absolute atomic E-state index is 9.21. The monoisotopic (exact) mass is 341 g/mol. The van der Waals surface area contributed by atoms with Crippen LogP contribution in [-0.4, -0.2) is 19.6 Å². The van der Waals surface area contributed by atoms with Crippen LogP contribution in [0, 0.1) is 18.3 Å². The van der Waals surface area contributed by atoms with E-state index in [1.165, 1.54) is 0 Å². The molecular weight excluding hydrogens is 326 g/mol. The number of rotatable bonds is 2. The van der Waals surface area contributed by atoms with Crippen LogP contribution in [0.4, 0.5) is 11.6 Å². The standard InChI is InChI=1S/C19H15N7/c1-11-7-14(9-16(22)23-11)17-18(13-4-2-3-12(8-13)10-20)25-26-6-5-15(21)24-19(17)26/h2-9H,1H3,(H2,21,24)(H2,22,23). The van der Waals surface area contributed by atoms with Gasteiger partial charge in [-0.05, 0) is 42.8 Å². The molecule has 0 aliphatic rings. The van der Waals surface area contributed by atoms with E-state index < -0.39 is 0 Å². The first-order valence-corrected chi connectivity index (χ1v) is 7.95. The molecule has 0 radical (unpaired) electrons. The molecule has 0 bridgehead atoms. The van der Waals surface area contributed by atoms with Gasteiger partial charge in [0.25, 0.3) is 0 Å². The fraction of sp³-hybridized carbons (Fsp3) is 0.0526. The summed E-state index contributed by atoms with van der Waals surface area (Å²) in [5.41, 5.74) is 17.0. The normalized spacial score (nSPS) is 10.8. The largest absolute Gasteiger partial charge is 0.384 e. The zero-order valence-corrected chi connectivity index (χ0v) is 14.0. The second kappa shape index (κ2) is 5.86. The number of aromatic nitrogens is 4. The summed E-state index contributed by atoms with van der Waals surface area (Å²) in [5, 5.41) is 13.9. The van der Waals surface area contributed by atoms with Crippen LogP contribution in [0.5, 0.6) is 0 Å². The van der Waals surface area contributed by atoms with Crippen molar-refractivity contribution in [2.45, 2.75) is 6.92 Å². The maximum Gasteiger partial charge on any atom is 0.165 e. The maximum atomic E-state index is 9.21. The summed E-state index contributed by atoms with van der Waals surface area (Å²) < 4.78 is 1.67. The molecule has 4 aromatic rings. The molecule has 0 atom stereocenters. The molecule has 7 heteroatoms. The molecule has 0 fully saturated rings. The molecule has 1 aromatic carbocycles. The Morgan fingerprint density at radius 2 is 1.85 bits per heavy atom. The molecule has 0 saturated carbocycles. The molecule has 0 spiro atoms. The number of nitrogens with two attached hydrogens (primary N) is 2. The fourth-order valence-corrected chi connectivity index (χ4v) is 2.99. The van der Waals surface area contributed by atoms with E-state index in [4.69, 9.17) is 11.5 Å². The van der Waals surface area contributed by atoms with Crippen LogP contribution in [0.3, 0.4) is 0 Å². The van der Waals surface area contributed by atoms with E-state index in [1.807, 2.05) is 25.1 Å². The Bertz CT molecular complexity index is 1160. The second-order valence-electron chi connectivity index (χ2n) is 5.96. The Morgan fingerprint density at radius 1 is 1.00 bits per heavy atom. The van der Waals surface area contributed by atoms with Gasteiger partial charge < -0.3 is 11.5 Å². The number of benzene rings is 1. The van der Waals surface area contributed by atoms with E-state index in [-0.39, 0.29) is 0 Å². The lowest BCUT2D eigenvalue weighted by Gasteiger charge is -2.06. The Kier molecular flexibility index (Phi) is 3.52. The van der Waals surface area contributed by atoms with Crippen LogP contribution in [0.25, 0.3) is 28.0 Å². The van der Waals surface area contributed by atoms with Crippen molar-refractivity contribution < 1.29 is 0 Å². The highest BCUT2D eigenvalue weighted by molar-refractivity contribution is 5.91. The van der Waals surface area contributed by atoms with Gasteiger partial charge in [0.05, 0.1) is 17.2 Å². The lowest BCUT2D eigenvalue weighted by atomic mass is 10.00. The average molecular weight is 341 g/mol. The third-order valence-corrected chi connectivity index (χ3v) is 4.03. The number of nitriles is 1. The molecule has 4 rings (SSSR count). The van der Waals surface area contributed by atoms with Crippen LogP contribution in [0.1, 0.15) is 11.3 Å². The van der Waals surface area contributed by atoms with Gasteiger partial charge >= 0.3 is 0 Å². The number of nitrogen functional groups attached to an aromatic ring is 2. The molecular formula is C19H15N7. The third-order valence-electron chi connectivity index (χ3n) is 4.03. The lowest BCUT2D eigenvalue weighted by molar-refractivity contribution is 0.945. The first kappa shape index (κ1) is 15.6. The summed E-state index contributed by atoms with van der Waals surface area (Å²) in [6, 6.07) is 14.8. The highest BCUT2D eigenvalue weighted by Crippen LogP contribution is 2.35. The van der Waals surface area contributed by atoms with Crippen LogP contribution in [-0.2, 0) is 0 Å². The fourth-order valence-electron chi connectivity index (χ4n) is 2.99. The molecule has 0 amide bonds. The van der Waals surface area contributed by atoms with E-state index in [9.17, 15) is 5.26 Å². The van der Waals surface area contributed by atoms with Crippen LogP contribution in [0.15, 0.2) is 48.7 Å². The van der Waals surface area contributed by atoms with E-state index in [1.54, 1.807) is 35.0 Å². The van der Waals surface area contributed by atoms with Gasteiger partial charge in [0, 0.05) is 17.5 Å². The van der Waals surface area contributed by atoms with Crippen molar-refractivity contribution >= 4 is 17.3 Å². The minimum atomic E-state index is 0.398. The number of aryl methyl sites for hydroxylation is 1. The average Bonchev–Trinajstić information content (AvgIpc) is 2.99. The smallest absolute Gasteiger partial charge is 0.165 e. The predicted octanol–water partition coefficient (Wildman–Crippen LogP) is 2.80. The molecule has 7 nitrogen and oxygen atoms in total. The highest BCUT2D eigenvalue weighted by atomic mass is 15.3. The predicted molar refractivity (Wildman–Crippen MR) is 99.9 cm³/mol. The van der Waals surface area contributed by atoms with Crippen molar-refractivity contribution in [2.24, 2.45) is 0 Å². The van der Waals surface area contributed by atoms with Crippen LogP contribution < -0.4 is 11.5 Å². The quantitative estimate of drug-likeness (QED) is 0.578. The van der Waals surface area contributed by atoms with Gasteiger partial charge in [0.1, 0.15) is 17.3 Å². The number of pyridine rings is 1. The number of anilines is 2. The van der Waals surface area contributed by atoms with E-state index in [0.29, 0.717) is 28.5 Å². The minimum Gasteiger partial charge on any atom is -0.384 e. The summed E-state index contributed by atoms with van der Waals surface area (Å²) in [6.45, 7) is 1.88. The van der Waals surface area contributed by atoms with Crippen molar-refractivity contribution in [3.8, 4) is 28.5 Å². The zero-order valence-electron chi connectivity index (χ0n) is 14.0. The van der Waals surface area contributed by atoms with Gasteiger partial charge in [-0.2, -0.15) is 10.4 Å². The Morgan fingerprint density at radius 3 is 2.62 bits per heavy atom. The molecule has 0 aliphatic carbocycles. The molecule has 3 aromatic heterocycles. The molecule has 4 N–H and O–H groups in total. The van der Waals surface area contributed by atoms with E-state index in [2.05, 4.69) is 21.1 Å². The van der Waals surface area contributed by atoms with Gasteiger partial charge in [-0.15, -0.1) is 0 Å². The molecule has 126 valence electrons. The molecule has 0 saturated heterocycles. The molecule has 0 aliphatic heterocycles. The SMILES string of the molecule is Cc1cc(-c2c(-c3cccc(C#N)c3)nn3ccc(N)nc23)cc(N)n1. The van der Waals surface area contributed by atoms with Gasteiger partial charge in [-0.3, -0.25) is 0 Å². The highest BCUT2D eigenvalue weighted by Gasteiger charge is 2.19. The first-order chi connectivity index (χ1) is 12.5. The summed E-state index contributed by atoms with van der Waals surface area (Å²) in [5.74, 6) is 0.815. The Labute approximate surface area is 149 Å². The number of hydrogen-bond acceptors (Lipinski definition) is 6. The Balaban J connectivity index is 2.08. The lowest BCUT2D eigenvalue weighted by Crippen LogP contribution is -1.96.